The third-order valence-corrected chi connectivity index (χ3v) is 2.61. The summed E-state index contributed by atoms with van der Waals surface area (Å²) in [7, 11) is 0. The summed E-state index contributed by atoms with van der Waals surface area (Å²) in [5.41, 5.74) is 6.31. The van der Waals surface area contributed by atoms with E-state index in [9.17, 15) is 9.18 Å². The van der Waals surface area contributed by atoms with Gasteiger partial charge in [-0.2, -0.15) is 0 Å². The zero-order valence-corrected chi connectivity index (χ0v) is 9.91. The van der Waals surface area contributed by atoms with Crippen LogP contribution in [0, 0.1) is 5.82 Å². The number of hydrogen-bond donors (Lipinski definition) is 2. The lowest BCUT2D eigenvalue weighted by Crippen LogP contribution is -2.14. The highest BCUT2D eigenvalue weighted by Crippen LogP contribution is 2.23. The SMILES string of the molecule is Nc1ccncc1C(=O)Nc1cc(F)ccc1Cl. The van der Waals surface area contributed by atoms with Crippen LogP contribution in [-0.2, 0) is 0 Å². The molecule has 0 radical (unpaired) electrons. The summed E-state index contributed by atoms with van der Waals surface area (Å²) in [4.78, 5) is 15.7. The maximum Gasteiger partial charge on any atom is 0.259 e. The minimum absolute atomic E-state index is 0.185. The first-order chi connectivity index (χ1) is 8.58. The number of pyridine rings is 1. The number of hydrogen-bond acceptors (Lipinski definition) is 3. The van der Waals surface area contributed by atoms with Crippen molar-refractivity contribution >= 4 is 28.9 Å². The van der Waals surface area contributed by atoms with Gasteiger partial charge in [0.2, 0.25) is 0 Å². The second kappa shape index (κ2) is 5.01. The summed E-state index contributed by atoms with van der Waals surface area (Å²) in [5.74, 6) is -0.984. The van der Waals surface area contributed by atoms with Crippen LogP contribution in [-0.4, -0.2) is 10.9 Å². The molecule has 2 rings (SSSR count). The van der Waals surface area contributed by atoms with Crippen LogP contribution in [0.1, 0.15) is 10.4 Å². The van der Waals surface area contributed by atoms with E-state index in [4.69, 9.17) is 17.3 Å². The molecule has 0 aliphatic carbocycles. The number of benzene rings is 1. The molecule has 0 spiro atoms. The van der Waals surface area contributed by atoms with E-state index in [1.165, 1.54) is 30.6 Å². The van der Waals surface area contributed by atoms with E-state index >= 15 is 0 Å². The number of carbonyl (C=O) groups is 1. The quantitative estimate of drug-likeness (QED) is 0.877. The molecule has 1 heterocycles. The topological polar surface area (TPSA) is 68.0 Å². The largest absolute Gasteiger partial charge is 0.398 e. The van der Waals surface area contributed by atoms with Crippen molar-refractivity contribution in [3.05, 3.63) is 53.1 Å². The average molecular weight is 266 g/mol. The van der Waals surface area contributed by atoms with Gasteiger partial charge in [0.1, 0.15) is 5.82 Å². The van der Waals surface area contributed by atoms with Gasteiger partial charge in [0.25, 0.3) is 5.91 Å². The molecule has 1 aromatic carbocycles. The fourth-order valence-electron chi connectivity index (χ4n) is 1.38. The monoisotopic (exact) mass is 265 g/mol. The molecule has 1 aromatic heterocycles. The molecule has 0 bridgehead atoms. The highest BCUT2D eigenvalue weighted by Gasteiger charge is 2.12. The number of halogens is 2. The summed E-state index contributed by atoms with van der Waals surface area (Å²) in [5, 5.41) is 2.72. The Balaban J connectivity index is 2.27. The fraction of sp³-hybridized carbons (Fsp3) is 0. The van der Waals surface area contributed by atoms with Crippen molar-refractivity contribution in [2.75, 3.05) is 11.1 Å². The van der Waals surface area contributed by atoms with E-state index in [0.29, 0.717) is 0 Å². The maximum absolute atomic E-state index is 13.0. The van der Waals surface area contributed by atoms with Gasteiger partial charge in [0.15, 0.2) is 0 Å². The van der Waals surface area contributed by atoms with Gasteiger partial charge in [-0.15, -0.1) is 0 Å². The lowest BCUT2D eigenvalue weighted by molar-refractivity contribution is 0.102. The first-order valence-electron chi connectivity index (χ1n) is 5.04. The Bertz CT molecular complexity index is 604. The van der Waals surface area contributed by atoms with Gasteiger partial charge in [-0.1, -0.05) is 11.6 Å². The predicted molar refractivity (Wildman–Crippen MR) is 68.0 cm³/mol. The first kappa shape index (κ1) is 12.3. The number of rotatable bonds is 2. The van der Waals surface area contributed by atoms with Gasteiger partial charge in [-0.05, 0) is 24.3 Å². The predicted octanol–water partition coefficient (Wildman–Crippen LogP) is 2.71. The molecule has 6 heteroatoms. The summed E-state index contributed by atoms with van der Waals surface area (Å²) in [6.45, 7) is 0. The van der Waals surface area contributed by atoms with E-state index in [1.807, 2.05) is 0 Å². The molecule has 0 aliphatic rings. The highest BCUT2D eigenvalue weighted by molar-refractivity contribution is 6.34. The highest BCUT2D eigenvalue weighted by atomic mass is 35.5. The van der Waals surface area contributed by atoms with Crippen molar-refractivity contribution < 1.29 is 9.18 Å². The molecular weight excluding hydrogens is 257 g/mol. The van der Waals surface area contributed by atoms with Gasteiger partial charge in [-0.25, -0.2) is 4.39 Å². The second-order valence-corrected chi connectivity index (χ2v) is 3.95. The molecule has 3 N–H and O–H groups in total. The zero-order valence-electron chi connectivity index (χ0n) is 9.15. The standard InChI is InChI=1S/C12H9ClFN3O/c13-9-2-1-7(14)5-11(9)17-12(18)8-6-16-4-3-10(8)15/h1-6H,(H2,15,16)(H,17,18). The number of carbonyl (C=O) groups excluding carboxylic acids is 1. The molecule has 18 heavy (non-hydrogen) atoms. The zero-order chi connectivity index (χ0) is 13.1. The van der Waals surface area contributed by atoms with Crippen molar-refractivity contribution in [3.8, 4) is 0 Å². The van der Waals surface area contributed by atoms with Crippen LogP contribution in [0.4, 0.5) is 15.8 Å². The minimum atomic E-state index is -0.492. The minimum Gasteiger partial charge on any atom is -0.398 e. The third kappa shape index (κ3) is 2.57. The summed E-state index contributed by atoms with van der Waals surface area (Å²) in [6.07, 6.45) is 2.80. The van der Waals surface area contributed by atoms with E-state index in [0.717, 1.165) is 6.07 Å². The Morgan fingerprint density at radius 1 is 1.39 bits per heavy atom. The number of aromatic nitrogens is 1. The lowest BCUT2D eigenvalue weighted by Gasteiger charge is -2.08. The van der Waals surface area contributed by atoms with Crippen molar-refractivity contribution in [1.29, 1.82) is 0 Å². The van der Waals surface area contributed by atoms with Crippen molar-refractivity contribution in [2.45, 2.75) is 0 Å². The van der Waals surface area contributed by atoms with Crippen LogP contribution in [0.25, 0.3) is 0 Å². The van der Waals surface area contributed by atoms with E-state index in [-0.39, 0.29) is 22.0 Å². The number of anilines is 2. The molecule has 4 nitrogen and oxygen atoms in total. The van der Waals surface area contributed by atoms with Gasteiger partial charge in [0.05, 0.1) is 16.3 Å². The number of nitrogens with one attached hydrogen (secondary N) is 1. The number of nitrogens with zero attached hydrogens (tertiary/aromatic N) is 1. The van der Waals surface area contributed by atoms with Gasteiger partial charge in [-0.3, -0.25) is 9.78 Å². The van der Waals surface area contributed by atoms with Gasteiger partial charge >= 0.3 is 0 Å². The average Bonchev–Trinajstić information content (AvgIpc) is 2.34. The van der Waals surface area contributed by atoms with Crippen LogP contribution in [0.5, 0.6) is 0 Å². The Hall–Kier alpha value is -2.14. The molecule has 92 valence electrons. The molecule has 0 unspecified atom stereocenters. The molecule has 0 aliphatic heterocycles. The Kier molecular flexibility index (Phi) is 3.43. The van der Waals surface area contributed by atoms with Crippen molar-refractivity contribution in [1.82, 2.24) is 4.98 Å². The summed E-state index contributed by atoms with van der Waals surface area (Å²) < 4.78 is 13.0. The number of amides is 1. The molecule has 0 atom stereocenters. The number of nitrogen functional groups attached to an aromatic ring is 1. The normalized spacial score (nSPS) is 10.1. The molecule has 0 saturated carbocycles. The lowest BCUT2D eigenvalue weighted by atomic mass is 10.2. The fourth-order valence-corrected chi connectivity index (χ4v) is 1.54. The maximum atomic E-state index is 13.0. The molecule has 0 fully saturated rings. The smallest absolute Gasteiger partial charge is 0.259 e. The second-order valence-electron chi connectivity index (χ2n) is 3.54. The molecule has 0 saturated heterocycles. The van der Waals surface area contributed by atoms with Crippen LogP contribution < -0.4 is 11.1 Å². The third-order valence-electron chi connectivity index (χ3n) is 2.28. The number of nitrogens with two attached hydrogens (primary N) is 1. The molecule has 1 amide bonds. The van der Waals surface area contributed by atoms with Crippen LogP contribution in [0.15, 0.2) is 36.7 Å². The summed E-state index contributed by atoms with van der Waals surface area (Å²) in [6, 6.07) is 5.20. The van der Waals surface area contributed by atoms with Crippen LogP contribution in [0.2, 0.25) is 5.02 Å². The Morgan fingerprint density at radius 3 is 2.89 bits per heavy atom. The van der Waals surface area contributed by atoms with Crippen LogP contribution in [0.3, 0.4) is 0 Å². The van der Waals surface area contributed by atoms with Gasteiger partial charge in [0, 0.05) is 18.1 Å². The summed E-state index contributed by atoms with van der Waals surface area (Å²) >= 11 is 5.84. The molecular formula is C12H9ClFN3O. The van der Waals surface area contributed by atoms with E-state index < -0.39 is 11.7 Å². The molecule has 2 aromatic rings. The van der Waals surface area contributed by atoms with E-state index in [2.05, 4.69) is 10.3 Å². The Labute approximate surface area is 108 Å². The van der Waals surface area contributed by atoms with Gasteiger partial charge < -0.3 is 11.1 Å². The van der Waals surface area contributed by atoms with Crippen LogP contribution >= 0.6 is 11.6 Å². The Morgan fingerprint density at radius 2 is 2.17 bits per heavy atom. The van der Waals surface area contributed by atoms with E-state index in [1.54, 1.807) is 0 Å². The van der Waals surface area contributed by atoms with Crippen molar-refractivity contribution in [3.63, 3.8) is 0 Å². The van der Waals surface area contributed by atoms with Crippen molar-refractivity contribution in [2.24, 2.45) is 0 Å². The first-order valence-corrected chi connectivity index (χ1v) is 5.41.